The maximum atomic E-state index is 11.1. The minimum atomic E-state index is -0.854. The van der Waals surface area contributed by atoms with E-state index < -0.39 is 12.0 Å². The van der Waals surface area contributed by atoms with Gasteiger partial charge in [0.2, 0.25) is 0 Å². The number of fused-ring (bicyclic) bond motifs is 3. The Kier molecular flexibility index (Phi) is 2.31. The summed E-state index contributed by atoms with van der Waals surface area (Å²) in [5.74, 6) is -0.636. The molecular formula is C13H14N2O3. The van der Waals surface area contributed by atoms with Gasteiger partial charge >= 0.3 is 5.97 Å². The van der Waals surface area contributed by atoms with Crippen molar-refractivity contribution in [1.29, 1.82) is 0 Å². The SMILES string of the molecule is Cn1c2c(c3c(O)cccc31)C[C@@H](C(=O)O)NC2. The summed E-state index contributed by atoms with van der Waals surface area (Å²) in [5, 5.41) is 22.8. The van der Waals surface area contributed by atoms with Crippen molar-refractivity contribution in [3.63, 3.8) is 0 Å². The lowest BCUT2D eigenvalue weighted by molar-refractivity contribution is -0.139. The summed E-state index contributed by atoms with van der Waals surface area (Å²) in [6, 6.07) is 4.79. The van der Waals surface area contributed by atoms with Crippen molar-refractivity contribution in [2.24, 2.45) is 7.05 Å². The fraction of sp³-hybridized carbons (Fsp3) is 0.308. The molecule has 0 aliphatic carbocycles. The molecule has 0 saturated carbocycles. The number of phenolic OH excluding ortho intramolecular Hbond substituents is 1. The molecule has 5 nitrogen and oxygen atoms in total. The molecule has 1 aromatic heterocycles. The van der Waals surface area contributed by atoms with Gasteiger partial charge in [-0.15, -0.1) is 0 Å². The molecule has 0 fully saturated rings. The topological polar surface area (TPSA) is 74.5 Å². The largest absolute Gasteiger partial charge is 0.507 e. The summed E-state index contributed by atoms with van der Waals surface area (Å²) >= 11 is 0. The second-order valence-electron chi connectivity index (χ2n) is 4.63. The van der Waals surface area contributed by atoms with Crippen LogP contribution >= 0.6 is 0 Å². The maximum absolute atomic E-state index is 11.1. The molecule has 3 N–H and O–H groups in total. The molecule has 0 bridgehead atoms. The molecule has 0 unspecified atom stereocenters. The number of benzene rings is 1. The minimum Gasteiger partial charge on any atom is -0.507 e. The van der Waals surface area contributed by atoms with E-state index in [0.717, 1.165) is 22.2 Å². The van der Waals surface area contributed by atoms with Crippen LogP contribution in [0.4, 0.5) is 0 Å². The van der Waals surface area contributed by atoms with Crippen LogP contribution < -0.4 is 5.32 Å². The summed E-state index contributed by atoms with van der Waals surface area (Å²) in [7, 11) is 1.93. The smallest absolute Gasteiger partial charge is 0.321 e. The minimum absolute atomic E-state index is 0.218. The highest BCUT2D eigenvalue weighted by molar-refractivity contribution is 5.92. The molecule has 0 radical (unpaired) electrons. The molecule has 2 heterocycles. The van der Waals surface area contributed by atoms with Crippen molar-refractivity contribution in [3.05, 3.63) is 29.5 Å². The molecule has 2 aromatic rings. The number of carboxylic acid groups (broad SMARTS) is 1. The van der Waals surface area contributed by atoms with E-state index in [-0.39, 0.29) is 5.75 Å². The average Bonchev–Trinajstić information content (AvgIpc) is 2.64. The standard InChI is InChI=1S/C13H14N2O3/c1-15-9-3-2-4-11(16)12(9)7-5-8(13(17)18)14-6-10(7)15/h2-4,8,14,16H,5-6H2,1H3,(H,17,18)/t8-/m0/s1. The van der Waals surface area contributed by atoms with E-state index >= 15 is 0 Å². The molecule has 3 rings (SSSR count). The van der Waals surface area contributed by atoms with Gasteiger partial charge in [0.1, 0.15) is 11.8 Å². The lowest BCUT2D eigenvalue weighted by Gasteiger charge is -2.21. The highest BCUT2D eigenvalue weighted by atomic mass is 16.4. The number of phenols is 1. The first-order valence-electron chi connectivity index (χ1n) is 5.84. The van der Waals surface area contributed by atoms with Crippen molar-refractivity contribution in [2.45, 2.75) is 19.0 Å². The predicted molar refractivity (Wildman–Crippen MR) is 66.6 cm³/mol. The number of carboxylic acids is 1. The maximum Gasteiger partial charge on any atom is 0.321 e. The Morgan fingerprint density at radius 3 is 3.00 bits per heavy atom. The van der Waals surface area contributed by atoms with Gasteiger partial charge in [-0.25, -0.2) is 0 Å². The number of carbonyl (C=O) groups is 1. The van der Waals surface area contributed by atoms with Gasteiger partial charge in [-0.05, 0) is 17.7 Å². The van der Waals surface area contributed by atoms with Crippen LogP contribution in [-0.4, -0.2) is 26.8 Å². The van der Waals surface area contributed by atoms with E-state index in [1.54, 1.807) is 12.1 Å². The van der Waals surface area contributed by atoms with Gasteiger partial charge in [-0.1, -0.05) is 6.07 Å². The first kappa shape index (κ1) is 11.1. The van der Waals surface area contributed by atoms with Gasteiger partial charge in [-0.2, -0.15) is 0 Å². The van der Waals surface area contributed by atoms with Gasteiger partial charge in [0.05, 0.1) is 5.52 Å². The number of hydrogen-bond acceptors (Lipinski definition) is 3. The summed E-state index contributed by atoms with van der Waals surface area (Å²) in [5.41, 5.74) is 2.92. The number of nitrogens with one attached hydrogen (secondary N) is 1. The molecule has 0 amide bonds. The summed E-state index contributed by atoms with van der Waals surface area (Å²) < 4.78 is 2.01. The second kappa shape index (κ2) is 3.74. The normalized spacial score (nSPS) is 18.8. The van der Waals surface area contributed by atoms with Crippen LogP contribution in [-0.2, 0) is 24.8 Å². The lowest BCUT2D eigenvalue weighted by atomic mass is 9.98. The summed E-state index contributed by atoms with van der Waals surface area (Å²) in [4.78, 5) is 11.1. The van der Waals surface area contributed by atoms with Crippen LogP contribution in [0, 0.1) is 0 Å². The Morgan fingerprint density at radius 1 is 1.50 bits per heavy atom. The van der Waals surface area contributed by atoms with Crippen molar-refractivity contribution in [3.8, 4) is 5.75 Å². The Balaban J connectivity index is 2.24. The third-order valence-corrected chi connectivity index (χ3v) is 3.66. The first-order chi connectivity index (χ1) is 8.59. The molecule has 1 aromatic carbocycles. The zero-order valence-electron chi connectivity index (χ0n) is 9.97. The van der Waals surface area contributed by atoms with E-state index in [1.807, 2.05) is 17.7 Å². The molecule has 18 heavy (non-hydrogen) atoms. The summed E-state index contributed by atoms with van der Waals surface area (Å²) in [6.07, 6.45) is 0.402. The van der Waals surface area contributed by atoms with E-state index in [4.69, 9.17) is 5.11 Å². The number of aryl methyl sites for hydroxylation is 1. The number of aromatic hydroxyl groups is 1. The van der Waals surface area contributed by atoms with Crippen LogP contribution in [0.2, 0.25) is 0 Å². The van der Waals surface area contributed by atoms with Crippen LogP contribution in [0.15, 0.2) is 18.2 Å². The highest BCUT2D eigenvalue weighted by Crippen LogP contribution is 2.34. The monoisotopic (exact) mass is 246 g/mol. The zero-order chi connectivity index (χ0) is 12.9. The molecule has 1 atom stereocenters. The molecular weight excluding hydrogens is 232 g/mol. The Labute approximate surface area is 104 Å². The van der Waals surface area contributed by atoms with E-state index in [0.29, 0.717) is 13.0 Å². The highest BCUT2D eigenvalue weighted by Gasteiger charge is 2.28. The second-order valence-corrected chi connectivity index (χ2v) is 4.63. The number of aliphatic carboxylic acids is 1. The van der Waals surface area contributed by atoms with Gasteiger partial charge in [0.25, 0.3) is 0 Å². The molecule has 1 aliphatic heterocycles. The third-order valence-electron chi connectivity index (χ3n) is 3.66. The van der Waals surface area contributed by atoms with Crippen LogP contribution in [0.5, 0.6) is 5.75 Å². The van der Waals surface area contributed by atoms with Gasteiger partial charge in [-0.3, -0.25) is 10.1 Å². The van der Waals surface area contributed by atoms with Gasteiger partial charge in [0.15, 0.2) is 0 Å². The van der Waals surface area contributed by atoms with Crippen molar-refractivity contribution < 1.29 is 15.0 Å². The zero-order valence-corrected chi connectivity index (χ0v) is 9.97. The number of rotatable bonds is 1. The van der Waals surface area contributed by atoms with Crippen molar-refractivity contribution in [2.75, 3.05) is 0 Å². The molecule has 5 heteroatoms. The molecule has 0 saturated heterocycles. The molecule has 1 aliphatic rings. The molecule has 94 valence electrons. The quantitative estimate of drug-likeness (QED) is 0.701. The number of nitrogens with zero attached hydrogens (tertiary/aromatic N) is 1. The Morgan fingerprint density at radius 2 is 2.28 bits per heavy atom. The lowest BCUT2D eigenvalue weighted by Crippen LogP contribution is -2.41. The van der Waals surface area contributed by atoms with Gasteiger partial charge in [0, 0.05) is 31.1 Å². The van der Waals surface area contributed by atoms with E-state index in [2.05, 4.69) is 5.32 Å². The fourth-order valence-electron chi connectivity index (χ4n) is 2.73. The van der Waals surface area contributed by atoms with Crippen LogP contribution in [0.3, 0.4) is 0 Å². The predicted octanol–water partition coefficient (Wildman–Crippen LogP) is 0.983. The number of hydrogen-bond donors (Lipinski definition) is 3. The average molecular weight is 246 g/mol. The van der Waals surface area contributed by atoms with Crippen LogP contribution in [0.1, 0.15) is 11.3 Å². The first-order valence-corrected chi connectivity index (χ1v) is 5.84. The Hall–Kier alpha value is -2.01. The number of aromatic nitrogens is 1. The van der Waals surface area contributed by atoms with Crippen molar-refractivity contribution in [1.82, 2.24) is 9.88 Å². The molecule has 0 spiro atoms. The Bertz CT molecular complexity index is 645. The van der Waals surface area contributed by atoms with E-state index in [9.17, 15) is 9.90 Å². The van der Waals surface area contributed by atoms with Gasteiger partial charge < -0.3 is 14.8 Å². The fourth-order valence-corrected chi connectivity index (χ4v) is 2.73. The van der Waals surface area contributed by atoms with Crippen LogP contribution in [0.25, 0.3) is 10.9 Å². The third kappa shape index (κ3) is 1.41. The van der Waals surface area contributed by atoms with E-state index in [1.165, 1.54) is 0 Å². The summed E-state index contributed by atoms with van der Waals surface area (Å²) in [6.45, 7) is 0.511. The van der Waals surface area contributed by atoms with Crippen molar-refractivity contribution >= 4 is 16.9 Å².